The van der Waals surface area contributed by atoms with Gasteiger partial charge in [-0.25, -0.2) is 12.7 Å². The molecule has 1 aromatic carbocycles. The Morgan fingerprint density at radius 1 is 1.29 bits per heavy atom. The molecule has 0 unspecified atom stereocenters. The standard InChI is InChI=1S/C14H15Cl2NO2S2/c1-17(7-6-12-3-2-8-20-12)21(18,19)13-5-4-11(10-15)14(16)9-13/h2-5,8-9H,6-7,10H2,1H3. The Balaban J connectivity index is 2.14. The fourth-order valence-corrected chi connectivity index (χ4v) is 4.33. The van der Waals surface area contributed by atoms with E-state index in [4.69, 9.17) is 23.2 Å². The molecule has 0 N–H and O–H groups in total. The van der Waals surface area contributed by atoms with Gasteiger partial charge in [0, 0.05) is 29.4 Å². The number of benzene rings is 1. The first-order chi connectivity index (χ1) is 9.95. The topological polar surface area (TPSA) is 37.4 Å². The maximum atomic E-state index is 12.5. The molecule has 114 valence electrons. The van der Waals surface area contributed by atoms with E-state index < -0.39 is 10.0 Å². The molecule has 2 aromatic rings. The summed E-state index contributed by atoms with van der Waals surface area (Å²) in [5.41, 5.74) is 0.721. The molecule has 1 heterocycles. The highest BCUT2D eigenvalue weighted by molar-refractivity contribution is 7.89. The van der Waals surface area contributed by atoms with Gasteiger partial charge < -0.3 is 0 Å². The minimum atomic E-state index is -3.53. The summed E-state index contributed by atoms with van der Waals surface area (Å²) in [5, 5.41) is 2.35. The Morgan fingerprint density at radius 3 is 2.62 bits per heavy atom. The quantitative estimate of drug-likeness (QED) is 0.727. The van der Waals surface area contributed by atoms with Crippen molar-refractivity contribution < 1.29 is 8.42 Å². The number of alkyl halides is 1. The predicted molar refractivity (Wildman–Crippen MR) is 88.8 cm³/mol. The summed E-state index contributed by atoms with van der Waals surface area (Å²) in [6.07, 6.45) is 0.695. The van der Waals surface area contributed by atoms with Gasteiger partial charge in [-0.05, 0) is 35.6 Å². The molecule has 0 atom stereocenters. The summed E-state index contributed by atoms with van der Waals surface area (Å²) < 4.78 is 26.3. The first-order valence-corrected chi connectivity index (χ1v) is 9.51. The summed E-state index contributed by atoms with van der Waals surface area (Å²) in [6.45, 7) is 0.428. The number of hydrogen-bond donors (Lipinski definition) is 0. The van der Waals surface area contributed by atoms with Crippen LogP contribution in [0, 0.1) is 0 Å². The van der Waals surface area contributed by atoms with Gasteiger partial charge in [-0.15, -0.1) is 22.9 Å². The number of sulfonamides is 1. The molecular weight excluding hydrogens is 349 g/mol. The predicted octanol–water partition coefficient (Wildman–Crippen LogP) is 4.00. The van der Waals surface area contributed by atoms with Crippen molar-refractivity contribution in [1.82, 2.24) is 4.31 Å². The summed E-state index contributed by atoms with van der Waals surface area (Å²) in [6, 6.07) is 8.60. The summed E-state index contributed by atoms with van der Waals surface area (Å²) in [4.78, 5) is 1.35. The molecule has 0 radical (unpaired) electrons. The number of halogens is 2. The molecule has 0 saturated heterocycles. The molecule has 7 heteroatoms. The second-order valence-corrected chi connectivity index (χ2v) is 8.29. The fraction of sp³-hybridized carbons (Fsp3) is 0.286. The molecule has 0 aliphatic rings. The third-order valence-electron chi connectivity index (χ3n) is 3.13. The Kier molecular flexibility index (Phi) is 5.68. The molecule has 0 fully saturated rings. The third-order valence-corrected chi connectivity index (χ3v) is 6.56. The van der Waals surface area contributed by atoms with E-state index in [1.54, 1.807) is 30.5 Å². The molecule has 0 amide bonds. The van der Waals surface area contributed by atoms with E-state index in [1.165, 1.54) is 10.4 Å². The normalized spacial score (nSPS) is 12.0. The molecule has 0 aliphatic carbocycles. The van der Waals surface area contributed by atoms with Crippen LogP contribution in [0.1, 0.15) is 10.4 Å². The molecule has 0 bridgehead atoms. The van der Waals surface area contributed by atoms with Crippen molar-refractivity contribution in [1.29, 1.82) is 0 Å². The molecule has 0 saturated carbocycles. The van der Waals surface area contributed by atoms with Crippen molar-refractivity contribution in [2.75, 3.05) is 13.6 Å². The largest absolute Gasteiger partial charge is 0.242 e. The second-order valence-electron chi connectivity index (χ2n) is 4.54. The molecule has 2 rings (SSSR count). The minimum absolute atomic E-state index is 0.190. The Hall–Kier alpha value is -0.590. The van der Waals surface area contributed by atoms with Gasteiger partial charge in [0.1, 0.15) is 0 Å². The third kappa shape index (κ3) is 3.99. The number of thiophene rings is 1. The molecule has 0 spiro atoms. The second kappa shape index (κ2) is 7.11. The first-order valence-electron chi connectivity index (χ1n) is 6.28. The zero-order chi connectivity index (χ0) is 15.5. The maximum absolute atomic E-state index is 12.5. The smallest absolute Gasteiger partial charge is 0.207 e. The van der Waals surface area contributed by atoms with E-state index in [1.807, 2.05) is 17.5 Å². The van der Waals surface area contributed by atoms with Crippen LogP contribution < -0.4 is 0 Å². The van der Waals surface area contributed by atoms with Crippen LogP contribution >= 0.6 is 34.5 Å². The SMILES string of the molecule is CN(CCc1cccs1)S(=O)(=O)c1ccc(CCl)c(Cl)c1. The Bertz CT molecular complexity index is 700. The van der Waals surface area contributed by atoms with E-state index in [2.05, 4.69) is 0 Å². The van der Waals surface area contributed by atoms with Crippen molar-refractivity contribution >= 4 is 44.6 Å². The Labute approximate surface area is 139 Å². The highest BCUT2D eigenvalue weighted by Crippen LogP contribution is 2.24. The van der Waals surface area contributed by atoms with Crippen molar-refractivity contribution in [2.24, 2.45) is 0 Å². The van der Waals surface area contributed by atoms with Crippen molar-refractivity contribution in [3.63, 3.8) is 0 Å². The lowest BCUT2D eigenvalue weighted by molar-refractivity contribution is 0.473. The van der Waals surface area contributed by atoms with E-state index in [0.717, 1.165) is 10.4 Å². The van der Waals surface area contributed by atoms with Gasteiger partial charge in [0.05, 0.1) is 4.90 Å². The fourth-order valence-electron chi connectivity index (χ4n) is 1.82. The average Bonchev–Trinajstić information content (AvgIpc) is 2.97. The van der Waals surface area contributed by atoms with Gasteiger partial charge in [-0.2, -0.15) is 0 Å². The van der Waals surface area contributed by atoms with Crippen LogP contribution in [0.3, 0.4) is 0 Å². The Morgan fingerprint density at radius 2 is 2.05 bits per heavy atom. The zero-order valence-corrected chi connectivity index (χ0v) is 14.6. The van der Waals surface area contributed by atoms with Crippen LogP contribution in [0.4, 0.5) is 0 Å². The van der Waals surface area contributed by atoms with Crippen molar-refractivity contribution in [3.05, 3.63) is 51.2 Å². The average molecular weight is 364 g/mol. The van der Waals surface area contributed by atoms with Gasteiger partial charge >= 0.3 is 0 Å². The summed E-state index contributed by atoms with van der Waals surface area (Å²) in [5.74, 6) is 0.257. The summed E-state index contributed by atoms with van der Waals surface area (Å²) >= 11 is 13.4. The summed E-state index contributed by atoms with van der Waals surface area (Å²) in [7, 11) is -1.95. The van der Waals surface area contributed by atoms with Crippen LogP contribution in [0.15, 0.2) is 40.6 Å². The van der Waals surface area contributed by atoms with Gasteiger partial charge in [0.15, 0.2) is 0 Å². The molecule has 21 heavy (non-hydrogen) atoms. The maximum Gasteiger partial charge on any atom is 0.242 e. The van der Waals surface area contributed by atoms with Gasteiger partial charge in [0.25, 0.3) is 0 Å². The van der Waals surface area contributed by atoms with Crippen LogP contribution in [0.2, 0.25) is 5.02 Å². The first kappa shape index (κ1) is 16.8. The van der Waals surface area contributed by atoms with Crippen LogP contribution in [-0.4, -0.2) is 26.3 Å². The van der Waals surface area contributed by atoms with Crippen LogP contribution in [0.5, 0.6) is 0 Å². The number of rotatable bonds is 6. The lowest BCUT2D eigenvalue weighted by Crippen LogP contribution is -2.28. The number of nitrogens with zero attached hydrogens (tertiary/aromatic N) is 1. The van der Waals surface area contributed by atoms with Crippen molar-refractivity contribution in [2.45, 2.75) is 17.2 Å². The highest BCUT2D eigenvalue weighted by atomic mass is 35.5. The number of likely N-dealkylation sites (N-methyl/N-ethyl adjacent to an activating group) is 1. The molecule has 0 aliphatic heterocycles. The van der Waals surface area contributed by atoms with Gasteiger partial charge in [-0.3, -0.25) is 0 Å². The molecular formula is C14H15Cl2NO2S2. The van der Waals surface area contributed by atoms with Crippen molar-refractivity contribution in [3.8, 4) is 0 Å². The lowest BCUT2D eigenvalue weighted by Gasteiger charge is -2.17. The molecule has 1 aromatic heterocycles. The van der Waals surface area contributed by atoms with E-state index in [-0.39, 0.29) is 10.8 Å². The van der Waals surface area contributed by atoms with Gasteiger partial charge in [-0.1, -0.05) is 23.7 Å². The monoisotopic (exact) mass is 363 g/mol. The van der Waals surface area contributed by atoms with Crippen LogP contribution in [0.25, 0.3) is 0 Å². The number of hydrogen-bond acceptors (Lipinski definition) is 3. The van der Waals surface area contributed by atoms with E-state index in [0.29, 0.717) is 18.0 Å². The zero-order valence-electron chi connectivity index (χ0n) is 11.4. The minimum Gasteiger partial charge on any atom is -0.207 e. The van der Waals surface area contributed by atoms with Crippen LogP contribution in [-0.2, 0) is 22.3 Å². The molecule has 3 nitrogen and oxygen atoms in total. The highest BCUT2D eigenvalue weighted by Gasteiger charge is 2.21. The van der Waals surface area contributed by atoms with E-state index >= 15 is 0 Å². The van der Waals surface area contributed by atoms with E-state index in [9.17, 15) is 8.42 Å². The lowest BCUT2D eigenvalue weighted by atomic mass is 10.2. The van der Waals surface area contributed by atoms with Gasteiger partial charge in [0.2, 0.25) is 10.0 Å².